The predicted octanol–water partition coefficient (Wildman–Crippen LogP) is 6.13. The molecule has 0 amide bonds. The molecule has 0 saturated carbocycles. The summed E-state index contributed by atoms with van der Waals surface area (Å²) in [5.41, 5.74) is 1.11. The molecule has 5 rings (SSSR count). The van der Waals surface area contributed by atoms with Crippen LogP contribution in [0.25, 0.3) is 0 Å². The number of halogens is 3. The fourth-order valence-electron chi connectivity index (χ4n) is 6.08. The first kappa shape index (κ1) is 42.9. The van der Waals surface area contributed by atoms with E-state index in [0.29, 0.717) is 5.56 Å². The smallest absolute Gasteiger partial charge is 0.338 e. The van der Waals surface area contributed by atoms with Crippen molar-refractivity contribution in [2.24, 2.45) is 0 Å². The zero-order valence-electron chi connectivity index (χ0n) is 30.6. The SMILES string of the molecule is CC(=O)O[C@H]1[C@H](O[C@@H]2O[C@@H](C)[C@@H](OC(=O)c3ccccc3)[C@@H](OC(=O)c3ccccc3)[C@@H]2OCc2ccccc2)[C@H](OC(=N)C(Cl)(Cl)Cl)O[C@@H](C)[C@H]1OC(C)=O. The van der Waals surface area contributed by atoms with Gasteiger partial charge in [0.05, 0.1) is 29.9 Å². The summed E-state index contributed by atoms with van der Waals surface area (Å²) in [5, 5.41) is 8.30. The van der Waals surface area contributed by atoms with Crippen LogP contribution < -0.4 is 0 Å². The topological polar surface area (TPSA) is 175 Å². The molecule has 2 fully saturated rings. The molecule has 0 spiro atoms. The molecule has 300 valence electrons. The summed E-state index contributed by atoms with van der Waals surface area (Å²) in [7, 11) is 0. The molecule has 10 atom stereocenters. The Hall–Kier alpha value is -4.28. The molecule has 17 heteroatoms. The van der Waals surface area contributed by atoms with Gasteiger partial charge in [-0.1, -0.05) is 102 Å². The number of carbonyl (C=O) groups is 4. The summed E-state index contributed by atoms with van der Waals surface area (Å²) < 4.78 is 52.0. The third-order valence-corrected chi connectivity index (χ3v) is 9.15. The van der Waals surface area contributed by atoms with Gasteiger partial charge in [-0.3, -0.25) is 15.0 Å². The highest BCUT2D eigenvalue weighted by Crippen LogP contribution is 2.37. The highest BCUT2D eigenvalue weighted by Gasteiger charge is 2.56. The van der Waals surface area contributed by atoms with Gasteiger partial charge in [0.25, 0.3) is 3.79 Å². The molecular weight excluding hydrogens is 797 g/mol. The molecule has 1 N–H and O–H groups in total. The second kappa shape index (κ2) is 19.2. The molecule has 2 heterocycles. The van der Waals surface area contributed by atoms with E-state index in [9.17, 15) is 19.2 Å². The molecule has 3 aromatic rings. The van der Waals surface area contributed by atoms with Crippen LogP contribution in [0.5, 0.6) is 0 Å². The molecule has 0 aromatic heterocycles. The average molecular weight is 837 g/mol. The quantitative estimate of drug-likeness (QED) is 0.0727. The first-order valence-corrected chi connectivity index (χ1v) is 18.6. The molecule has 2 aliphatic rings. The number of benzene rings is 3. The Labute approximate surface area is 337 Å². The summed E-state index contributed by atoms with van der Waals surface area (Å²) in [6.45, 7) is 5.26. The zero-order chi connectivity index (χ0) is 40.6. The monoisotopic (exact) mass is 835 g/mol. The second-order valence-electron chi connectivity index (χ2n) is 12.8. The molecule has 0 aliphatic carbocycles. The molecule has 2 aliphatic heterocycles. The Morgan fingerprint density at radius 2 is 1.02 bits per heavy atom. The molecule has 3 aromatic carbocycles. The zero-order valence-corrected chi connectivity index (χ0v) is 32.8. The van der Waals surface area contributed by atoms with Crippen molar-refractivity contribution in [2.45, 2.75) is 99.5 Å². The van der Waals surface area contributed by atoms with Crippen LogP contribution in [0.4, 0.5) is 0 Å². The van der Waals surface area contributed by atoms with Crippen LogP contribution >= 0.6 is 34.8 Å². The molecule has 2 saturated heterocycles. The Kier molecular flexibility index (Phi) is 14.7. The maximum absolute atomic E-state index is 13.8. The number of nitrogens with one attached hydrogen (secondary N) is 1. The Morgan fingerprint density at radius 1 is 0.589 bits per heavy atom. The van der Waals surface area contributed by atoms with Gasteiger partial charge in [0.1, 0.15) is 6.10 Å². The lowest BCUT2D eigenvalue weighted by atomic mass is 9.96. The first-order valence-electron chi connectivity index (χ1n) is 17.4. The highest BCUT2D eigenvalue weighted by atomic mass is 35.6. The number of esters is 4. The minimum absolute atomic E-state index is 0.0820. The van der Waals surface area contributed by atoms with Gasteiger partial charge in [-0.2, -0.15) is 0 Å². The van der Waals surface area contributed by atoms with E-state index < -0.39 is 95.0 Å². The molecule has 0 radical (unpaired) electrons. The van der Waals surface area contributed by atoms with Crippen molar-refractivity contribution >= 4 is 64.6 Å². The Morgan fingerprint density at radius 3 is 1.52 bits per heavy atom. The predicted molar refractivity (Wildman–Crippen MR) is 200 cm³/mol. The van der Waals surface area contributed by atoms with Crippen molar-refractivity contribution in [3.05, 3.63) is 108 Å². The highest BCUT2D eigenvalue weighted by molar-refractivity contribution is 6.76. The lowest BCUT2D eigenvalue weighted by Gasteiger charge is -2.48. The van der Waals surface area contributed by atoms with Gasteiger partial charge < -0.3 is 42.6 Å². The normalized spacial score (nSPS) is 27.6. The van der Waals surface area contributed by atoms with Gasteiger partial charge in [0, 0.05) is 13.8 Å². The minimum atomic E-state index is -2.36. The van der Waals surface area contributed by atoms with E-state index in [1.807, 2.05) is 6.07 Å². The van der Waals surface area contributed by atoms with Gasteiger partial charge in [0.15, 0.2) is 36.8 Å². The van der Waals surface area contributed by atoms with Gasteiger partial charge in [0.2, 0.25) is 12.2 Å². The lowest BCUT2D eigenvalue weighted by molar-refractivity contribution is -0.358. The van der Waals surface area contributed by atoms with Crippen molar-refractivity contribution in [3.8, 4) is 0 Å². The van der Waals surface area contributed by atoms with Gasteiger partial charge in [-0.05, 0) is 43.7 Å². The number of carbonyl (C=O) groups excluding carboxylic acids is 4. The summed E-state index contributed by atoms with van der Waals surface area (Å²) >= 11 is 17.9. The fourth-order valence-corrected chi connectivity index (χ4v) is 6.22. The van der Waals surface area contributed by atoms with Crippen molar-refractivity contribution in [3.63, 3.8) is 0 Å². The largest absolute Gasteiger partial charge is 0.456 e. The van der Waals surface area contributed by atoms with Gasteiger partial charge in [-0.25, -0.2) is 9.59 Å². The Bertz CT molecular complexity index is 1810. The third kappa shape index (κ3) is 11.2. The Balaban J connectivity index is 1.59. The molecule has 14 nitrogen and oxygen atoms in total. The first-order chi connectivity index (χ1) is 26.6. The van der Waals surface area contributed by atoms with Crippen LogP contribution in [0.15, 0.2) is 91.0 Å². The molecule has 0 bridgehead atoms. The maximum atomic E-state index is 13.8. The van der Waals surface area contributed by atoms with Crippen LogP contribution in [-0.2, 0) is 58.8 Å². The van der Waals surface area contributed by atoms with Crippen molar-refractivity contribution in [2.75, 3.05) is 0 Å². The van der Waals surface area contributed by atoms with Gasteiger partial charge in [-0.15, -0.1) is 0 Å². The van der Waals surface area contributed by atoms with E-state index in [1.54, 1.807) is 91.9 Å². The number of hydrogen-bond donors (Lipinski definition) is 1. The van der Waals surface area contributed by atoms with E-state index in [-0.39, 0.29) is 17.7 Å². The summed E-state index contributed by atoms with van der Waals surface area (Å²) in [5.74, 6) is -3.93. The van der Waals surface area contributed by atoms with E-state index in [2.05, 4.69) is 0 Å². The van der Waals surface area contributed by atoms with Crippen LogP contribution in [-0.4, -0.2) is 95.0 Å². The minimum Gasteiger partial charge on any atom is -0.456 e. The summed E-state index contributed by atoms with van der Waals surface area (Å²) in [6.07, 6.45) is -13.7. The van der Waals surface area contributed by atoms with Crippen LogP contribution in [0.1, 0.15) is 54.0 Å². The fraction of sp³-hybridized carbons (Fsp3) is 0.410. The number of alkyl halides is 3. The molecular formula is C39H40Cl3NO13. The van der Waals surface area contributed by atoms with E-state index in [4.69, 9.17) is 82.8 Å². The van der Waals surface area contributed by atoms with Crippen LogP contribution in [0.3, 0.4) is 0 Å². The van der Waals surface area contributed by atoms with Crippen molar-refractivity contribution in [1.82, 2.24) is 0 Å². The van der Waals surface area contributed by atoms with E-state index in [0.717, 1.165) is 13.8 Å². The number of rotatable bonds is 12. The summed E-state index contributed by atoms with van der Waals surface area (Å²) in [6, 6.07) is 25.3. The van der Waals surface area contributed by atoms with Crippen molar-refractivity contribution in [1.29, 1.82) is 5.41 Å². The molecule has 0 unspecified atom stereocenters. The average Bonchev–Trinajstić information content (AvgIpc) is 3.16. The second-order valence-corrected chi connectivity index (χ2v) is 15.1. The standard InChI is InChI=1S/C39H40Cl3NO13/c1-21-28(51-23(3)44)31(52-24(4)45)33(37(50-21)56-38(43)39(40,41)42)55-36-32(48-20-25-14-8-5-9-15-25)30(54-35(47)27-18-12-7-13-19-27)29(22(2)49-36)53-34(46)26-16-10-6-11-17-26/h5-19,21-22,28-33,36-37,43H,20H2,1-4H3/t21-,22-,28+,29+,30+,31+,32-,33-,36-,37-/m0/s1. The third-order valence-electron chi connectivity index (χ3n) is 8.63. The van der Waals surface area contributed by atoms with Crippen LogP contribution in [0.2, 0.25) is 0 Å². The van der Waals surface area contributed by atoms with Crippen LogP contribution in [0, 0.1) is 5.41 Å². The summed E-state index contributed by atoms with van der Waals surface area (Å²) in [4.78, 5) is 52.1. The van der Waals surface area contributed by atoms with Crippen molar-refractivity contribution < 1.29 is 61.8 Å². The lowest BCUT2D eigenvalue weighted by Crippen LogP contribution is -2.66. The van der Waals surface area contributed by atoms with E-state index in [1.165, 1.54) is 6.92 Å². The molecule has 56 heavy (non-hydrogen) atoms. The number of hydrogen-bond acceptors (Lipinski definition) is 14. The number of ether oxygens (including phenoxy) is 9. The van der Waals surface area contributed by atoms with Gasteiger partial charge >= 0.3 is 23.9 Å². The maximum Gasteiger partial charge on any atom is 0.338 e. The van der Waals surface area contributed by atoms with E-state index >= 15 is 0 Å².